The molecule has 0 aliphatic carbocycles. The second-order valence-corrected chi connectivity index (χ2v) is 8.78. The maximum atomic E-state index is 12.8. The van der Waals surface area contributed by atoms with Crippen molar-refractivity contribution in [3.05, 3.63) is 97.8 Å². The van der Waals surface area contributed by atoms with E-state index < -0.39 is 11.1 Å². The summed E-state index contributed by atoms with van der Waals surface area (Å²) in [5, 5.41) is 0.880. The van der Waals surface area contributed by atoms with E-state index in [0.29, 0.717) is 33.0 Å². The van der Waals surface area contributed by atoms with Crippen LogP contribution in [0.25, 0.3) is 6.08 Å². The zero-order valence-electron chi connectivity index (χ0n) is 15.8. The molecule has 31 heavy (non-hydrogen) atoms. The summed E-state index contributed by atoms with van der Waals surface area (Å²) in [7, 11) is 0. The van der Waals surface area contributed by atoms with Crippen LogP contribution in [0.2, 0.25) is 15.1 Å². The Morgan fingerprint density at radius 1 is 0.871 bits per heavy atom. The Morgan fingerprint density at radius 2 is 1.61 bits per heavy atom. The number of thioether (sulfide) groups is 1. The molecule has 0 radical (unpaired) electrons. The molecule has 0 aromatic heterocycles. The summed E-state index contributed by atoms with van der Waals surface area (Å²) in [6, 6.07) is 19.3. The summed E-state index contributed by atoms with van der Waals surface area (Å²) in [5.74, 6) is 0.258. The van der Waals surface area contributed by atoms with E-state index in [1.165, 1.54) is 6.07 Å². The van der Waals surface area contributed by atoms with E-state index in [0.717, 1.165) is 27.8 Å². The van der Waals surface area contributed by atoms with Gasteiger partial charge in [0.25, 0.3) is 11.1 Å². The van der Waals surface area contributed by atoms with Crippen molar-refractivity contribution in [1.82, 2.24) is 0 Å². The molecule has 0 unspecified atom stereocenters. The molecule has 3 aromatic rings. The van der Waals surface area contributed by atoms with Crippen LogP contribution in [-0.2, 0) is 11.4 Å². The van der Waals surface area contributed by atoms with Crippen LogP contribution in [0, 0.1) is 0 Å². The zero-order valence-corrected chi connectivity index (χ0v) is 18.9. The van der Waals surface area contributed by atoms with Gasteiger partial charge in [0.1, 0.15) is 12.4 Å². The number of anilines is 1. The van der Waals surface area contributed by atoms with Gasteiger partial charge in [-0.25, -0.2) is 4.90 Å². The Bertz CT molecular complexity index is 1190. The minimum Gasteiger partial charge on any atom is -0.489 e. The Balaban J connectivity index is 1.47. The number of nitrogens with zero attached hydrogens (tertiary/aromatic N) is 1. The Labute approximate surface area is 198 Å². The van der Waals surface area contributed by atoms with Crippen molar-refractivity contribution in [2.24, 2.45) is 0 Å². The van der Waals surface area contributed by atoms with Crippen molar-refractivity contribution in [1.29, 1.82) is 0 Å². The summed E-state index contributed by atoms with van der Waals surface area (Å²) in [6.45, 7) is 0.349. The number of ether oxygens (including phenoxy) is 1. The van der Waals surface area contributed by atoms with Crippen LogP contribution in [0.1, 0.15) is 11.1 Å². The molecule has 0 atom stereocenters. The molecule has 1 saturated heterocycles. The van der Waals surface area contributed by atoms with Crippen molar-refractivity contribution in [2.45, 2.75) is 6.61 Å². The molecule has 2 amide bonds. The molecule has 0 N–H and O–H groups in total. The minimum absolute atomic E-state index is 0.273. The number of hydrogen-bond acceptors (Lipinski definition) is 4. The van der Waals surface area contributed by atoms with Gasteiger partial charge in [0, 0.05) is 10.6 Å². The van der Waals surface area contributed by atoms with E-state index in [1.807, 2.05) is 36.4 Å². The molecule has 0 spiro atoms. The maximum Gasteiger partial charge on any atom is 0.298 e. The number of carbonyl (C=O) groups excluding carboxylic acids is 2. The number of hydrogen-bond donors (Lipinski definition) is 0. The topological polar surface area (TPSA) is 46.6 Å². The van der Waals surface area contributed by atoms with Gasteiger partial charge in [-0.1, -0.05) is 65.1 Å². The van der Waals surface area contributed by atoms with E-state index in [9.17, 15) is 9.59 Å². The number of halogens is 3. The maximum absolute atomic E-state index is 12.8. The molecule has 0 bridgehead atoms. The van der Waals surface area contributed by atoms with Crippen LogP contribution in [0.4, 0.5) is 10.5 Å². The average Bonchev–Trinajstić information content (AvgIpc) is 3.03. The minimum atomic E-state index is -0.410. The van der Waals surface area contributed by atoms with Crippen LogP contribution < -0.4 is 9.64 Å². The summed E-state index contributed by atoms with van der Waals surface area (Å²) in [4.78, 5) is 26.6. The zero-order chi connectivity index (χ0) is 22.0. The molecule has 3 aromatic carbocycles. The highest BCUT2D eigenvalue weighted by Crippen LogP contribution is 2.37. The van der Waals surface area contributed by atoms with Gasteiger partial charge >= 0.3 is 0 Å². The first-order valence-corrected chi connectivity index (χ1v) is 11.1. The highest BCUT2D eigenvalue weighted by atomic mass is 35.5. The molecule has 4 nitrogen and oxygen atoms in total. The van der Waals surface area contributed by atoms with Crippen LogP contribution in [-0.4, -0.2) is 11.1 Å². The van der Waals surface area contributed by atoms with Gasteiger partial charge in [-0.3, -0.25) is 9.59 Å². The fraction of sp³-hybridized carbons (Fsp3) is 0.0435. The standard InChI is InChI=1S/C23H14Cl3NO3S/c24-18-4-2-1-3-15(18)13-30-17-8-5-14(6-9-17)11-21-22(28)27(23(29)31-21)16-7-10-19(25)20(26)12-16/h1-12H,13H2/b21-11-. The fourth-order valence-electron chi connectivity index (χ4n) is 2.90. The number of carbonyl (C=O) groups is 2. The highest BCUT2D eigenvalue weighted by Gasteiger charge is 2.36. The number of benzene rings is 3. The van der Waals surface area contributed by atoms with Crippen molar-refractivity contribution in [2.75, 3.05) is 4.90 Å². The molecule has 1 aliphatic rings. The van der Waals surface area contributed by atoms with Crippen molar-refractivity contribution >= 4 is 69.5 Å². The first-order chi connectivity index (χ1) is 14.9. The molecular weight excluding hydrogens is 477 g/mol. The van der Waals surface area contributed by atoms with Gasteiger partial charge in [0.05, 0.1) is 20.6 Å². The van der Waals surface area contributed by atoms with Gasteiger partial charge in [-0.05, 0) is 59.8 Å². The van der Waals surface area contributed by atoms with Crippen LogP contribution in [0.5, 0.6) is 5.75 Å². The first-order valence-electron chi connectivity index (χ1n) is 9.11. The lowest BCUT2D eigenvalue weighted by atomic mass is 10.2. The van der Waals surface area contributed by atoms with E-state index >= 15 is 0 Å². The third-order valence-corrected chi connectivity index (χ3v) is 6.46. The molecule has 1 aliphatic heterocycles. The second kappa shape index (κ2) is 9.37. The smallest absolute Gasteiger partial charge is 0.298 e. The van der Waals surface area contributed by atoms with E-state index in [4.69, 9.17) is 39.5 Å². The number of amides is 2. The summed E-state index contributed by atoms with van der Waals surface area (Å²) < 4.78 is 5.77. The molecule has 4 rings (SSSR count). The summed E-state index contributed by atoms with van der Waals surface area (Å²) >= 11 is 19.0. The van der Waals surface area contributed by atoms with E-state index in [2.05, 4.69) is 0 Å². The second-order valence-electron chi connectivity index (χ2n) is 6.56. The molecule has 0 saturated carbocycles. The molecule has 1 fully saturated rings. The Morgan fingerprint density at radius 3 is 2.32 bits per heavy atom. The van der Waals surface area contributed by atoms with Gasteiger partial charge in [-0.2, -0.15) is 0 Å². The lowest BCUT2D eigenvalue weighted by Crippen LogP contribution is -2.27. The Kier molecular flexibility index (Phi) is 6.58. The number of imide groups is 1. The highest BCUT2D eigenvalue weighted by molar-refractivity contribution is 8.19. The monoisotopic (exact) mass is 489 g/mol. The fourth-order valence-corrected chi connectivity index (χ4v) is 4.23. The predicted octanol–water partition coefficient (Wildman–Crippen LogP) is 7.47. The average molecular weight is 491 g/mol. The van der Waals surface area contributed by atoms with Crippen LogP contribution in [0.3, 0.4) is 0 Å². The lowest BCUT2D eigenvalue weighted by molar-refractivity contribution is -0.113. The van der Waals surface area contributed by atoms with Crippen LogP contribution >= 0.6 is 46.6 Å². The number of rotatable bonds is 5. The van der Waals surface area contributed by atoms with Gasteiger partial charge in [0.2, 0.25) is 0 Å². The first kappa shape index (κ1) is 21.8. The van der Waals surface area contributed by atoms with Crippen molar-refractivity contribution in [3.8, 4) is 5.75 Å². The molecule has 1 heterocycles. The summed E-state index contributed by atoms with van der Waals surface area (Å²) in [5.41, 5.74) is 2.04. The quantitative estimate of drug-likeness (QED) is 0.348. The Hall–Kier alpha value is -2.44. The van der Waals surface area contributed by atoms with Crippen LogP contribution in [0.15, 0.2) is 71.6 Å². The molecule has 156 valence electrons. The third kappa shape index (κ3) is 4.91. The summed E-state index contributed by atoms with van der Waals surface area (Å²) in [6.07, 6.45) is 1.67. The van der Waals surface area contributed by atoms with Gasteiger partial charge in [0.15, 0.2) is 0 Å². The SMILES string of the molecule is O=C1S/C(=C\c2ccc(OCc3ccccc3Cl)cc2)C(=O)N1c1ccc(Cl)c(Cl)c1. The van der Waals surface area contributed by atoms with E-state index in [-0.39, 0.29) is 5.02 Å². The predicted molar refractivity (Wildman–Crippen MR) is 127 cm³/mol. The third-order valence-electron chi connectivity index (χ3n) is 4.49. The molecular formula is C23H14Cl3NO3S. The normalized spacial score (nSPS) is 15.1. The van der Waals surface area contributed by atoms with Crippen molar-refractivity contribution in [3.63, 3.8) is 0 Å². The van der Waals surface area contributed by atoms with E-state index in [1.54, 1.807) is 30.3 Å². The van der Waals surface area contributed by atoms with Gasteiger partial charge in [-0.15, -0.1) is 0 Å². The lowest BCUT2D eigenvalue weighted by Gasteiger charge is -2.13. The van der Waals surface area contributed by atoms with Gasteiger partial charge < -0.3 is 4.74 Å². The van der Waals surface area contributed by atoms with Crippen molar-refractivity contribution < 1.29 is 14.3 Å². The largest absolute Gasteiger partial charge is 0.489 e. The molecule has 8 heteroatoms.